The number of rotatable bonds is 15. The third kappa shape index (κ3) is 18.5. The Kier molecular flexibility index (Phi) is 18.2. The Hall–Kier alpha value is -1.57. The SMILES string of the molecule is CCCCCC=CCC=CCC=CC/C=C\CCCC(=O)OCC. The second-order valence-corrected chi connectivity index (χ2v) is 5.79. The minimum Gasteiger partial charge on any atom is -0.466 e. The minimum atomic E-state index is -0.0895. The molecule has 2 heteroatoms. The van der Waals surface area contributed by atoms with Crippen LogP contribution in [0.3, 0.4) is 0 Å². The van der Waals surface area contributed by atoms with Crippen molar-refractivity contribution in [2.75, 3.05) is 6.61 Å². The van der Waals surface area contributed by atoms with Gasteiger partial charge in [-0.15, -0.1) is 0 Å². The van der Waals surface area contributed by atoms with Crippen molar-refractivity contribution >= 4 is 5.97 Å². The molecule has 0 aliphatic rings. The highest BCUT2D eigenvalue weighted by Crippen LogP contribution is 2.02. The van der Waals surface area contributed by atoms with Gasteiger partial charge in [-0.2, -0.15) is 0 Å². The van der Waals surface area contributed by atoms with Gasteiger partial charge in [0.25, 0.3) is 0 Å². The van der Waals surface area contributed by atoms with Crippen LogP contribution >= 0.6 is 0 Å². The molecule has 0 aromatic rings. The van der Waals surface area contributed by atoms with Crippen molar-refractivity contribution in [1.82, 2.24) is 0 Å². The Morgan fingerprint density at radius 2 is 1.21 bits per heavy atom. The molecule has 0 N–H and O–H groups in total. The molecule has 0 radical (unpaired) electrons. The highest BCUT2D eigenvalue weighted by atomic mass is 16.5. The van der Waals surface area contributed by atoms with Gasteiger partial charge in [0.05, 0.1) is 6.61 Å². The van der Waals surface area contributed by atoms with Gasteiger partial charge < -0.3 is 4.74 Å². The monoisotopic (exact) mass is 332 g/mol. The van der Waals surface area contributed by atoms with E-state index in [0.29, 0.717) is 13.0 Å². The van der Waals surface area contributed by atoms with E-state index in [0.717, 1.165) is 32.1 Å². The van der Waals surface area contributed by atoms with Gasteiger partial charge in [-0.05, 0) is 51.9 Å². The molecule has 136 valence electrons. The first kappa shape index (κ1) is 22.4. The van der Waals surface area contributed by atoms with Gasteiger partial charge in [-0.3, -0.25) is 4.79 Å². The molecule has 0 amide bonds. The summed E-state index contributed by atoms with van der Waals surface area (Å²) in [6.45, 7) is 4.55. The molecule has 0 aromatic carbocycles. The Morgan fingerprint density at radius 3 is 1.71 bits per heavy atom. The average Bonchev–Trinajstić information content (AvgIpc) is 2.58. The molecule has 0 atom stereocenters. The zero-order valence-electron chi connectivity index (χ0n) is 15.7. The van der Waals surface area contributed by atoms with E-state index in [2.05, 4.69) is 55.5 Å². The number of unbranched alkanes of at least 4 members (excludes halogenated alkanes) is 4. The lowest BCUT2D eigenvalue weighted by molar-refractivity contribution is -0.143. The smallest absolute Gasteiger partial charge is 0.305 e. The Labute approximate surface area is 149 Å². The fourth-order valence-electron chi connectivity index (χ4n) is 2.16. The Morgan fingerprint density at radius 1 is 0.708 bits per heavy atom. The third-order valence-corrected chi connectivity index (χ3v) is 3.51. The molecule has 0 aromatic heterocycles. The van der Waals surface area contributed by atoms with Gasteiger partial charge in [-0.25, -0.2) is 0 Å². The number of esters is 1. The molecule has 0 saturated carbocycles. The molecular formula is C22H36O2. The van der Waals surface area contributed by atoms with Gasteiger partial charge >= 0.3 is 5.97 Å². The van der Waals surface area contributed by atoms with Gasteiger partial charge in [0, 0.05) is 6.42 Å². The van der Waals surface area contributed by atoms with E-state index < -0.39 is 0 Å². The van der Waals surface area contributed by atoms with E-state index in [9.17, 15) is 4.79 Å². The summed E-state index contributed by atoms with van der Waals surface area (Å²) in [6.07, 6.45) is 28.2. The predicted octanol–water partition coefficient (Wildman–Crippen LogP) is 6.70. The van der Waals surface area contributed by atoms with Crippen LogP contribution in [0.25, 0.3) is 0 Å². The van der Waals surface area contributed by atoms with Crippen LogP contribution < -0.4 is 0 Å². The van der Waals surface area contributed by atoms with Crippen molar-refractivity contribution in [3.8, 4) is 0 Å². The first-order valence-corrected chi connectivity index (χ1v) is 9.56. The van der Waals surface area contributed by atoms with Gasteiger partial charge in [0.15, 0.2) is 0 Å². The average molecular weight is 333 g/mol. The zero-order chi connectivity index (χ0) is 17.7. The number of hydrogen-bond donors (Lipinski definition) is 0. The zero-order valence-corrected chi connectivity index (χ0v) is 15.7. The van der Waals surface area contributed by atoms with Crippen LogP contribution in [0.2, 0.25) is 0 Å². The maximum absolute atomic E-state index is 11.1. The summed E-state index contributed by atoms with van der Waals surface area (Å²) < 4.78 is 4.89. The van der Waals surface area contributed by atoms with Crippen LogP contribution in [-0.2, 0) is 9.53 Å². The largest absolute Gasteiger partial charge is 0.466 e. The van der Waals surface area contributed by atoms with Crippen molar-refractivity contribution in [2.45, 2.75) is 78.1 Å². The number of carbonyl (C=O) groups excluding carboxylic acids is 1. The molecule has 24 heavy (non-hydrogen) atoms. The molecule has 2 nitrogen and oxygen atoms in total. The number of hydrogen-bond acceptors (Lipinski definition) is 2. The van der Waals surface area contributed by atoms with Gasteiger partial charge in [0.1, 0.15) is 0 Å². The molecule has 0 heterocycles. The minimum absolute atomic E-state index is 0.0895. The molecule has 0 aliphatic carbocycles. The van der Waals surface area contributed by atoms with Crippen LogP contribution in [0.1, 0.15) is 78.1 Å². The van der Waals surface area contributed by atoms with E-state index in [-0.39, 0.29) is 5.97 Å². The Balaban J connectivity index is 3.43. The topological polar surface area (TPSA) is 26.3 Å². The second-order valence-electron chi connectivity index (χ2n) is 5.79. The van der Waals surface area contributed by atoms with E-state index in [1.54, 1.807) is 0 Å². The summed E-state index contributed by atoms with van der Waals surface area (Å²) in [5.74, 6) is -0.0895. The first-order chi connectivity index (χ1) is 11.8. The summed E-state index contributed by atoms with van der Waals surface area (Å²) in [5.41, 5.74) is 0. The Bertz CT molecular complexity index is 389. The summed E-state index contributed by atoms with van der Waals surface area (Å²) in [4.78, 5) is 11.1. The lowest BCUT2D eigenvalue weighted by atomic mass is 10.2. The van der Waals surface area contributed by atoms with E-state index in [1.165, 1.54) is 25.7 Å². The number of allylic oxidation sites excluding steroid dienone is 8. The fourth-order valence-corrected chi connectivity index (χ4v) is 2.16. The standard InChI is InChI=1S/C22H36O2/c1-3-5-6-7-8-9-10-11-12-13-14-15-16-17-18-19-20-21-22(23)24-4-2/h8-9,11-12,14-15,17-18H,3-7,10,13,16,19-21H2,1-2H3/b9-8?,12-11?,15-14?,18-17-. The van der Waals surface area contributed by atoms with Gasteiger partial charge in [-0.1, -0.05) is 68.4 Å². The van der Waals surface area contributed by atoms with Crippen LogP contribution in [0, 0.1) is 0 Å². The fraction of sp³-hybridized carbons (Fsp3) is 0.591. The molecule has 0 spiro atoms. The summed E-state index contributed by atoms with van der Waals surface area (Å²) >= 11 is 0. The van der Waals surface area contributed by atoms with Crippen molar-refractivity contribution < 1.29 is 9.53 Å². The molecule has 0 unspecified atom stereocenters. The second kappa shape index (κ2) is 19.5. The molecular weight excluding hydrogens is 296 g/mol. The van der Waals surface area contributed by atoms with Crippen molar-refractivity contribution in [3.63, 3.8) is 0 Å². The van der Waals surface area contributed by atoms with Crippen LogP contribution in [0.4, 0.5) is 0 Å². The van der Waals surface area contributed by atoms with E-state index in [4.69, 9.17) is 4.74 Å². The first-order valence-electron chi connectivity index (χ1n) is 9.56. The summed E-state index contributed by atoms with van der Waals surface area (Å²) in [5, 5.41) is 0. The maximum Gasteiger partial charge on any atom is 0.305 e. The summed E-state index contributed by atoms with van der Waals surface area (Å²) in [7, 11) is 0. The van der Waals surface area contributed by atoms with E-state index in [1.807, 2.05) is 6.92 Å². The lowest BCUT2D eigenvalue weighted by Crippen LogP contribution is -2.02. The third-order valence-electron chi connectivity index (χ3n) is 3.51. The van der Waals surface area contributed by atoms with Crippen LogP contribution in [-0.4, -0.2) is 12.6 Å². The molecule has 0 saturated heterocycles. The highest BCUT2D eigenvalue weighted by molar-refractivity contribution is 5.69. The quantitative estimate of drug-likeness (QED) is 0.189. The lowest BCUT2D eigenvalue weighted by Gasteiger charge is -1.98. The number of carbonyl (C=O) groups is 1. The molecule has 0 rings (SSSR count). The van der Waals surface area contributed by atoms with E-state index >= 15 is 0 Å². The van der Waals surface area contributed by atoms with Crippen LogP contribution in [0.15, 0.2) is 48.6 Å². The number of ether oxygens (including phenoxy) is 1. The normalized spacial score (nSPS) is 12.2. The summed E-state index contributed by atoms with van der Waals surface area (Å²) in [6, 6.07) is 0. The molecule has 0 aliphatic heterocycles. The highest BCUT2D eigenvalue weighted by Gasteiger charge is 1.98. The van der Waals surface area contributed by atoms with Crippen molar-refractivity contribution in [1.29, 1.82) is 0 Å². The van der Waals surface area contributed by atoms with Gasteiger partial charge in [0.2, 0.25) is 0 Å². The van der Waals surface area contributed by atoms with Crippen molar-refractivity contribution in [3.05, 3.63) is 48.6 Å². The molecule has 0 bridgehead atoms. The van der Waals surface area contributed by atoms with Crippen LogP contribution in [0.5, 0.6) is 0 Å². The maximum atomic E-state index is 11.1. The molecule has 0 fully saturated rings. The predicted molar refractivity (Wildman–Crippen MR) is 105 cm³/mol. The van der Waals surface area contributed by atoms with Crippen molar-refractivity contribution in [2.24, 2.45) is 0 Å².